The van der Waals surface area contributed by atoms with Crippen LogP contribution in [0.25, 0.3) is 0 Å². The maximum absolute atomic E-state index is 12.5. The van der Waals surface area contributed by atoms with Crippen molar-refractivity contribution in [1.29, 1.82) is 0 Å². The number of amides is 1. The van der Waals surface area contributed by atoms with Gasteiger partial charge in [0.15, 0.2) is 12.0 Å². The molecule has 3 aliphatic heterocycles. The Bertz CT molecular complexity index is 1180. The van der Waals surface area contributed by atoms with Crippen LogP contribution in [-0.2, 0) is 23.8 Å². The van der Waals surface area contributed by atoms with Crippen LogP contribution in [0.4, 0.5) is 21.7 Å². The molecule has 0 spiro atoms. The molecule has 5 heterocycles. The molecule has 2 saturated heterocycles. The number of morpholine rings is 2. The number of fused-ring (bicyclic) bond motifs is 3. The highest BCUT2D eigenvalue weighted by Gasteiger charge is 2.31. The third-order valence-electron chi connectivity index (χ3n) is 5.65. The van der Waals surface area contributed by atoms with Gasteiger partial charge < -0.3 is 39.9 Å². The van der Waals surface area contributed by atoms with Crippen molar-refractivity contribution in [2.45, 2.75) is 24.9 Å². The standard InChI is InChI=1S/C11H12ClN3O2.C7H13NO3.C5H2ClFN2O2.ClH/c12-7-3-9-11(13-5-7)14-10(16)4-8-6-17-2-1-15(8)9;1-10-7(9)4-6-5-11-3-2-8-6;6-3-1-4(7)5(8-2-3)9(10)11;/h3,5,8H,1-2,4,6H2,(H,13,14,16);6,8H,2-5H2,1H3;1-2H;1H. The maximum Gasteiger partial charge on any atom is 0.399 e. The summed E-state index contributed by atoms with van der Waals surface area (Å²) in [4.78, 5) is 41.1. The Kier molecular flexibility index (Phi) is 13.7. The molecular weight excluding hydrogens is 598 g/mol. The number of ether oxygens (including phenoxy) is 3. The van der Waals surface area contributed by atoms with Gasteiger partial charge in [0.1, 0.15) is 0 Å². The lowest BCUT2D eigenvalue weighted by Gasteiger charge is -2.35. The van der Waals surface area contributed by atoms with Crippen molar-refractivity contribution in [3.63, 3.8) is 0 Å². The maximum atomic E-state index is 12.5. The molecule has 0 bridgehead atoms. The molecule has 2 aromatic rings. The summed E-state index contributed by atoms with van der Waals surface area (Å²) in [5.74, 6) is -1.47. The Morgan fingerprint density at radius 1 is 1.23 bits per heavy atom. The lowest BCUT2D eigenvalue weighted by molar-refractivity contribution is -0.392. The Morgan fingerprint density at radius 2 is 1.93 bits per heavy atom. The first-order valence-electron chi connectivity index (χ1n) is 11.8. The van der Waals surface area contributed by atoms with Crippen molar-refractivity contribution in [1.82, 2.24) is 15.3 Å². The number of pyridine rings is 2. The number of halogens is 4. The normalized spacial score (nSPS) is 19.4. The van der Waals surface area contributed by atoms with Gasteiger partial charge in [-0.25, -0.2) is 4.98 Å². The van der Waals surface area contributed by atoms with Gasteiger partial charge in [-0.2, -0.15) is 4.39 Å². The Hall–Kier alpha value is -2.88. The molecule has 0 aromatic carbocycles. The summed E-state index contributed by atoms with van der Waals surface area (Å²) in [6.45, 7) is 4.15. The SMILES string of the molecule is COC(=O)CC1COCCN1.Cl.O=C1CC2COCCN2c2cc(Cl)cnc2N1.O=[N+]([O-])c1ncc(Cl)cc1F. The number of carbonyl (C=O) groups is 2. The van der Waals surface area contributed by atoms with Crippen molar-refractivity contribution in [3.05, 3.63) is 50.5 Å². The number of methoxy groups -OCH3 is 1. The molecule has 2 unspecified atom stereocenters. The number of hydrogen-bond acceptors (Lipinski definition) is 11. The van der Waals surface area contributed by atoms with E-state index < -0.39 is 16.6 Å². The minimum atomic E-state index is -1.03. The van der Waals surface area contributed by atoms with Gasteiger partial charge in [-0.05, 0) is 16.0 Å². The summed E-state index contributed by atoms with van der Waals surface area (Å²) in [6.07, 6.45) is 3.38. The van der Waals surface area contributed by atoms with E-state index in [0.717, 1.165) is 37.6 Å². The fourth-order valence-electron chi connectivity index (χ4n) is 3.86. The van der Waals surface area contributed by atoms with Crippen molar-refractivity contribution in [2.24, 2.45) is 0 Å². The Morgan fingerprint density at radius 3 is 2.58 bits per heavy atom. The predicted molar refractivity (Wildman–Crippen MR) is 147 cm³/mol. The minimum Gasteiger partial charge on any atom is -0.469 e. The molecule has 13 nitrogen and oxygen atoms in total. The third-order valence-corrected chi connectivity index (χ3v) is 6.06. The van der Waals surface area contributed by atoms with Gasteiger partial charge in [-0.3, -0.25) is 9.59 Å². The van der Waals surface area contributed by atoms with Crippen LogP contribution < -0.4 is 15.5 Å². The van der Waals surface area contributed by atoms with Crippen LogP contribution in [0.5, 0.6) is 0 Å². The molecule has 2 aromatic heterocycles. The second-order valence-electron chi connectivity index (χ2n) is 8.42. The number of aromatic nitrogens is 2. The van der Waals surface area contributed by atoms with E-state index in [1.54, 1.807) is 6.20 Å². The van der Waals surface area contributed by atoms with Gasteiger partial charge in [0.05, 0.1) is 61.7 Å². The van der Waals surface area contributed by atoms with E-state index >= 15 is 0 Å². The number of nitro groups is 1. The van der Waals surface area contributed by atoms with Crippen LogP contribution in [0.15, 0.2) is 24.5 Å². The molecule has 2 fully saturated rings. The first-order valence-corrected chi connectivity index (χ1v) is 12.6. The van der Waals surface area contributed by atoms with Crippen molar-refractivity contribution in [3.8, 4) is 0 Å². The number of nitrogens with zero attached hydrogens (tertiary/aromatic N) is 4. The van der Waals surface area contributed by atoms with Gasteiger partial charge in [0.2, 0.25) is 11.7 Å². The van der Waals surface area contributed by atoms with E-state index in [1.165, 1.54) is 7.11 Å². The summed E-state index contributed by atoms with van der Waals surface area (Å²) < 4.78 is 27.6. The topological polar surface area (TPSA) is 158 Å². The van der Waals surface area contributed by atoms with E-state index in [4.69, 9.17) is 32.7 Å². The smallest absolute Gasteiger partial charge is 0.399 e. The number of rotatable bonds is 3. The second-order valence-corrected chi connectivity index (χ2v) is 9.29. The molecule has 2 N–H and O–H groups in total. The molecule has 5 rings (SSSR count). The molecule has 17 heteroatoms. The average Bonchev–Trinajstić information content (AvgIpc) is 3.05. The molecule has 0 radical (unpaired) electrons. The van der Waals surface area contributed by atoms with Crippen LogP contribution in [0.1, 0.15) is 12.8 Å². The quantitative estimate of drug-likeness (QED) is 0.293. The highest BCUT2D eigenvalue weighted by molar-refractivity contribution is 6.31. The molecule has 2 atom stereocenters. The highest BCUT2D eigenvalue weighted by Crippen LogP contribution is 2.32. The molecule has 3 aliphatic rings. The van der Waals surface area contributed by atoms with E-state index in [-0.39, 0.29) is 41.4 Å². The van der Waals surface area contributed by atoms with Gasteiger partial charge in [0.25, 0.3) is 0 Å². The number of esters is 1. The zero-order valence-electron chi connectivity index (χ0n) is 21.3. The second kappa shape index (κ2) is 16.4. The lowest BCUT2D eigenvalue weighted by atomic mass is 10.1. The first kappa shape index (κ1) is 33.3. The van der Waals surface area contributed by atoms with Gasteiger partial charge in [-0.15, -0.1) is 12.4 Å². The summed E-state index contributed by atoms with van der Waals surface area (Å²) in [6, 6.07) is 2.89. The lowest BCUT2D eigenvalue weighted by Crippen LogP contribution is -2.45. The first-order chi connectivity index (χ1) is 18.7. The van der Waals surface area contributed by atoms with Crippen molar-refractivity contribution >= 4 is 64.8 Å². The van der Waals surface area contributed by atoms with E-state index in [1.807, 2.05) is 6.07 Å². The molecule has 40 heavy (non-hydrogen) atoms. The van der Waals surface area contributed by atoms with E-state index in [0.29, 0.717) is 43.5 Å². The summed E-state index contributed by atoms with van der Waals surface area (Å²) in [7, 11) is 1.39. The van der Waals surface area contributed by atoms with E-state index in [9.17, 15) is 24.1 Å². The molecular formula is C23H28Cl3FN6O7. The van der Waals surface area contributed by atoms with Crippen LogP contribution in [0.3, 0.4) is 0 Å². The average molecular weight is 626 g/mol. The summed E-state index contributed by atoms with van der Waals surface area (Å²) in [5.41, 5.74) is 0.886. The van der Waals surface area contributed by atoms with Crippen molar-refractivity contribution < 1.29 is 33.1 Å². The van der Waals surface area contributed by atoms with Crippen LogP contribution in [0.2, 0.25) is 10.0 Å². The summed E-state index contributed by atoms with van der Waals surface area (Å²) in [5, 5.41) is 16.6. The van der Waals surface area contributed by atoms with E-state index in [2.05, 4.69) is 30.2 Å². The number of anilines is 2. The Labute approximate surface area is 245 Å². The molecule has 220 valence electrons. The molecule has 0 saturated carbocycles. The van der Waals surface area contributed by atoms with Gasteiger partial charge in [0, 0.05) is 37.8 Å². The largest absolute Gasteiger partial charge is 0.469 e. The fraction of sp³-hybridized carbons (Fsp3) is 0.478. The third kappa shape index (κ3) is 9.94. The highest BCUT2D eigenvalue weighted by atomic mass is 35.5. The van der Waals surface area contributed by atoms with Crippen LogP contribution >= 0.6 is 35.6 Å². The number of nitrogens with one attached hydrogen (secondary N) is 2. The van der Waals surface area contributed by atoms with Gasteiger partial charge >= 0.3 is 11.8 Å². The predicted octanol–water partition coefficient (Wildman–Crippen LogP) is 3.02. The number of hydrogen-bond donors (Lipinski definition) is 2. The fourth-order valence-corrected chi connectivity index (χ4v) is 4.16. The Balaban J connectivity index is 0.000000217. The minimum absolute atomic E-state index is 0. The van der Waals surface area contributed by atoms with Crippen LogP contribution in [0, 0.1) is 15.9 Å². The molecule has 1 amide bonds. The zero-order valence-corrected chi connectivity index (χ0v) is 23.6. The van der Waals surface area contributed by atoms with Gasteiger partial charge in [-0.1, -0.05) is 23.2 Å². The zero-order chi connectivity index (χ0) is 28.4. The van der Waals surface area contributed by atoms with Crippen LogP contribution in [-0.4, -0.2) is 85.5 Å². The molecule has 0 aliphatic carbocycles. The van der Waals surface area contributed by atoms with Crippen molar-refractivity contribution in [2.75, 3.05) is 56.8 Å². The number of carbonyl (C=O) groups excluding carboxylic acids is 2. The monoisotopic (exact) mass is 624 g/mol. The summed E-state index contributed by atoms with van der Waals surface area (Å²) >= 11 is 11.3.